The van der Waals surface area contributed by atoms with Gasteiger partial charge in [0, 0.05) is 0 Å². The van der Waals surface area contributed by atoms with E-state index in [0.29, 0.717) is 6.61 Å². The van der Waals surface area contributed by atoms with Crippen LogP contribution < -0.4 is 0 Å². The summed E-state index contributed by atoms with van der Waals surface area (Å²) in [5, 5.41) is 0. The van der Waals surface area contributed by atoms with Gasteiger partial charge in [0.05, 0.1) is 6.61 Å². The highest BCUT2D eigenvalue weighted by atomic mass is 16.6. The summed E-state index contributed by atoms with van der Waals surface area (Å²) in [4.78, 5) is 10.6. The van der Waals surface area contributed by atoms with Crippen molar-refractivity contribution in [3.05, 3.63) is 0 Å². The van der Waals surface area contributed by atoms with Crippen molar-refractivity contribution < 1.29 is 14.3 Å². The molecule has 3 heteroatoms. The van der Waals surface area contributed by atoms with Crippen LogP contribution in [0.1, 0.15) is 0 Å². The number of ether oxygens (including phenoxy) is 2. The third-order valence-electron chi connectivity index (χ3n) is 1.43. The third kappa shape index (κ3) is 0.485. The number of hydrogen-bond acceptors (Lipinski definition) is 3. The molecule has 2 atom stereocenters. The number of Topliss-reactive ketones (excluding diaryl/α,β-unsaturated/α-hetero) is 1. The zero-order valence-electron chi connectivity index (χ0n) is 4.29. The molecule has 0 radical (unpaired) electrons. The van der Waals surface area contributed by atoms with Gasteiger partial charge in [-0.1, -0.05) is 0 Å². The fourth-order valence-electron chi connectivity index (χ4n) is 0.911. The van der Waals surface area contributed by atoms with Crippen molar-refractivity contribution in [1.29, 1.82) is 0 Å². The fourth-order valence-corrected chi connectivity index (χ4v) is 0.911. The number of epoxide rings is 1. The van der Waals surface area contributed by atoms with E-state index in [1.54, 1.807) is 0 Å². The zero-order valence-corrected chi connectivity index (χ0v) is 4.29. The molecule has 0 saturated carbocycles. The lowest BCUT2D eigenvalue weighted by molar-refractivity contribution is -0.125. The molecule has 0 aromatic rings. The molecule has 2 fully saturated rings. The first-order valence-corrected chi connectivity index (χ1v) is 2.64. The molecule has 8 heavy (non-hydrogen) atoms. The van der Waals surface area contributed by atoms with E-state index in [0.717, 1.165) is 0 Å². The topological polar surface area (TPSA) is 38.8 Å². The molecule has 0 spiro atoms. The highest BCUT2D eigenvalue weighted by molar-refractivity contribution is 5.87. The van der Waals surface area contributed by atoms with Crippen LogP contribution in [0.2, 0.25) is 0 Å². The highest BCUT2D eigenvalue weighted by Gasteiger charge is 2.47. The predicted molar refractivity (Wildman–Crippen MR) is 24.5 cm³/mol. The van der Waals surface area contributed by atoms with Gasteiger partial charge >= 0.3 is 0 Å². The molecule has 2 saturated heterocycles. The summed E-state index contributed by atoms with van der Waals surface area (Å²) >= 11 is 0. The SMILES string of the molecule is O=C1COCC2OC12. The first kappa shape index (κ1) is 4.47. The van der Waals surface area contributed by atoms with Gasteiger partial charge in [0.15, 0.2) is 5.78 Å². The van der Waals surface area contributed by atoms with Crippen LogP contribution in [-0.2, 0) is 14.3 Å². The average Bonchev–Trinajstić information content (AvgIpc) is 2.45. The van der Waals surface area contributed by atoms with Gasteiger partial charge in [0.25, 0.3) is 0 Å². The van der Waals surface area contributed by atoms with Crippen molar-refractivity contribution >= 4 is 5.78 Å². The van der Waals surface area contributed by atoms with Crippen molar-refractivity contribution in [1.82, 2.24) is 0 Å². The Hall–Kier alpha value is -0.410. The summed E-state index contributed by atoms with van der Waals surface area (Å²) in [6.45, 7) is 0.859. The second kappa shape index (κ2) is 1.30. The van der Waals surface area contributed by atoms with Gasteiger partial charge in [0.2, 0.25) is 0 Å². The van der Waals surface area contributed by atoms with Gasteiger partial charge in [0.1, 0.15) is 18.8 Å². The van der Waals surface area contributed by atoms with Gasteiger partial charge in [-0.25, -0.2) is 0 Å². The first-order valence-electron chi connectivity index (χ1n) is 2.64. The van der Waals surface area contributed by atoms with Crippen molar-refractivity contribution in [2.24, 2.45) is 0 Å². The van der Waals surface area contributed by atoms with Crippen LogP contribution in [0.3, 0.4) is 0 Å². The average molecular weight is 114 g/mol. The molecule has 0 aliphatic carbocycles. The second-order valence-electron chi connectivity index (χ2n) is 2.08. The summed E-state index contributed by atoms with van der Waals surface area (Å²) in [6.07, 6.45) is 0.0139. The van der Waals surface area contributed by atoms with Crippen LogP contribution in [0.5, 0.6) is 0 Å². The number of hydrogen-bond donors (Lipinski definition) is 0. The van der Waals surface area contributed by atoms with E-state index in [2.05, 4.69) is 0 Å². The molecule has 2 rings (SSSR count). The third-order valence-corrected chi connectivity index (χ3v) is 1.43. The lowest BCUT2D eigenvalue weighted by Gasteiger charge is -2.02. The number of ketones is 1. The van der Waals surface area contributed by atoms with Crippen molar-refractivity contribution in [3.63, 3.8) is 0 Å². The van der Waals surface area contributed by atoms with Gasteiger partial charge in [-0.05, 0) is 0 Å². The van der Waals surface area contributed by atoms with E-state index >= 15 is 0 Å². The Kier molecular flexibility index (Phi) is 0.725. The Morgan fingerprint density at radius 2 is 2.50 bits per heavy atom. The Labute approximate surface area is 46.6 Å². The highest BCUT2D eigenvalue weighted by Crippen LogP contribution is 2.26. The lowest BCUT2D eigenvalue weighted by atomic mass is 10.2. The minimum atomic E-state index is -0.0938. The van der Waals surface area contributed by atoms with Crippen molar-refractivity contribution in [3.8, 4) is 0 Å². The van der Waals surface area contributed by atoms with E-state index in [1.807, 2.05) is 0 Å². The molecule has 2 heterocycles. The number of carbonyl (C=O) groups is 1. The summed E-state index contributed by atoms with van der Waals surface area (Å²) in [7, 11) is 0. The van der Waals surface area contributed by atoms with Crippen molar-refractivity contribution in [2.75, 3.05) is 13.2 Å². The van der Waals surface area contributed by atoms with Crippen molar-refractivity contribution in [2.45, 2.75) is 12.2 Å². The van der Waals surface area contributed by atoms with E-state index < -0.39 is 0 Å². The minimum Gasteiger partial charge on any atom is -0.371 e. The monoisotopic (exact) mass is 114 g/mol. The van der Waals surface area contributed by atoms with Gasteiger partial charge in [-0.2, -0.15) is 0 Å². The maximum absolute atomic E-state index is 10.6. The molecule has 2 unspecified atom stereocenters. The molecule has 0 aromatic carbocycles. The molecule has 0 bridgehead atoms. The molecule has 2 aliphatic rings. The van der Waals surface area contributed by atoms with Crippen LogP contribution in [0, 0.1) is 0 Å². The van der Waals surface area contributed by atoms with Crippen LogP contribution in [0.4, 0.5) is 0 Å². The molecule has 3 nitrogen and oxygen atoms in total. The molecule has 0 amide bonds. The molecular weight excluding hydrogens is 108 g/mol. The molecule has 44 valence electrons. The Morgan fingerprint density at radius 1 is 1.62 bits per heavy atom. The smallest absolute Gasteiger partial charge is 0.189 e. The summed E-state index contributed by atoms with van der Waals surface area (Å²) in [6, 6.07) is 0. The first-order chi connectivity index (χ1) is 3.88. The number of carbonyl (C=O) groups excluding carboxylic acids is 1. The minimum absolute atomic E-state index is 0.0938. The zero-order chi connectivity index (χ0) is 5.56. The van der Waals surface area contributed by atoms with Gasteiger partial charge < -0.3 is 9.47 Å². The summed E-state index contributed by atoms with van der Waals surface area (Å²) < 4.78 is 9.78. The molecule has 0 aromatic heterocycles. The normalized spacial score (nSPS) is 43.8. The van der Waals surface area contributed by atoms with E-state index in [9.17, 15) is 4.79 Å². The second-order valence-corrected chi connectivity index (χ2v) is 2.08. The lowest BCUT2D eigenvalue weighted by Crippen LogP contribution is -2.25. The van der Waals surface area contributed by atoms with E-state index in [4.69, 9.17) is 9.47 Å². The Morgan fingerprint density at radius 3 is 3.12 bits per heavy atom. The van der Waals surface area contributed by atoms with E-state index in [-0.39, 0.29) is 24.6 Å². The summed E-state index contributed by atoms with van der Waals surface area (Å²) in [5.41, 5.74) is 0. The van der Waals surface area contributed by atoms with Crippen LogP contribution >= 0.6 is 0 Å². The van der Waals surface area contributed by atoms with E-state index in [1.165, 1.54) is 0 Å². The van der Waals surface area contributed by atoms with Gasteiger partial charge in [-0.15, -0.1) is 0 Å². The predicted octanol–water partition coefficient (Wildman–Crippen LogP) is -0.647. The van der Waals surface area contributed by atoms with Crippen LogP contribution in [0.15, 0.2) is 0 Å². The van der Waals surface area contributed by atoms with Crippen LogP contribution in [-0.4, -0.2) is 31.2 Å². The number of fused-ring (bicyclic) bond motifs is 1. The molecular formula is C5H6O3. The largest absolute Gasteiger partial charge is 0.371 e. The molecule has 2 aliphatic heterocycles. The fraction of sp³-hybridized carbons (Fsp3) is 0.800. The number of rotatable bonds is 0. The van der Waals surface area contributed by atoms with Gasteiger partial charge in [-0.3, -0.25) is 4.79 Å². The standard InChI is InChI=1S/C5H6O3/c6-3-1-7-2-4-5(3)8-4/h4-5H,1-2H2. The quantitative estimate of drug-likeness (QED) is 0.393. The Bertz CT molecular complexity index is 132. The van der Waals surface area contributed by atoms with Crippen LogP contribution in [0.25, 0.3) is 0 Å². The summed E-state index contributed by atoms with van der Waals surface area (Å²) in [5.74, 6) is 0.0984. The maximum Gasteiger partial charge on any atom is 0.189 e. The Balaban J connectivity index is 2.08. The molecule has 0 N–H and O–H groups in total. The maximum atomic E-state index is 10.6.